The Morgan fingerprint density at radius 2 is 1.92 bits per heavy atom. The molecular formula is C23H17F2N5O5S. The molecule has 1 saturated carbocycles. The van der Waals surface area contributed by atoms with E-state index in [0.717, 1.165) is 21.0 Å². The van der Waals surface area contributed by atoms with E-state index in [-0.39, 0.29) is 41.5 Å². The normalized spacial score (nSPS) is 18.9. The number of carboxylic acid groups (broad SMARTS) is 1. The highest BCUT2D eigenvalue weighted by Crippen LogP contribution is 2.52. The van der Waals surface area contributed by atoms with E-state index in [1.54, 1.807) is 18.2 Å². The Morgan fingerprint density at radius 1 is 1.22 bits per heavy atom. The lowest BCUT2D eigenvalue weighted by molar-refractivity contribution is 0.0695. The predicted octanol–water partition coefficient (Wildman–Crippen LogP) is 3.66. The van der Waals surface area contributed by atoms with Crippen LogP contribution in [0, 0.1) is 17.2 Å². The summed E-state index contributed by atoms with van der Waals surface area (Å²) >= 11 is 0. The molecule has 1 aliphatic heterocycles. The van der Waals surface area contributed by atoms with Crippen LogP contribution in [0.3, 0.4) is 0 Å². The molecule has 1 N–H and O–H groups in total. The number of carboxylic acids is 1. The molecule has 13 heteroatoms. The van der Waals surface area contributed by atoms with Gasteiger partial charge in [-0.3, -0.25) is 8.61 Å². The van der Waals surface area contributed by atoms with Crippen molar-refractivity contribution in [3.8, 4) is 29.0 Å². The summed E-state index contributed by atoms with van der Waals surface area (Å²) in [5, 5.41) is 18.6. The number of nitrogens with zero attached hydrogens (tertiary/aromatic N) is 5. The van der Waals surface area contributed by atoms with Crippen LogP contribution < -0.4 is 13.3 Å². The molecule has 2 aliphatic rings. The number of hydrogen-bond donors (Lipinski definition) is 1. The maximum atomic E-state index is 13.5. The van der Waals surface area contributed by atoms with E-state index in [2.05, 4.69) is 16.0 Å². The van der Waals surface area contributed by atoms with Crippen LogP contribution in [-0.2, 0) is 10.2 Å². The van der Waals surface area contributed by atoms with Crippen LogP contribution in [-0.4, -0.2) is 49.0 Å². The molecule has 1 aliphatic carbocycles. The topological polar surface area (TPSA) is 137 Å². The Morgan fingerprint density at radius 3 is 2.53 bits per heavy atom. The first kappa shape index (κ1) is 23.4. The van der Waals surface area contributed by atoms with E-state index < -0.39 is 28.0 Å². The number of fused-ring (bicyclic) bond motifs is 1. The van der Waals surface area contributed by atoms with E-state index in [4.69, 9.17) is 9.84 Å². The molecule has 2 aromatic carbocycles. The number of carbonyl (C=O) groups is 1. The van der Waals surface area contributed by atoms with Crippen LogP contribution in [0.25, 0.3) is 11.1 Å². The minimum absolute atomic E-state index is 0.108. The van der Waals surface area contributed by atoms with Crippen molar-refractivity contribution in [1.29, 1.82) is 5.26 Å². The number of ether oxygens (including phenoxy) is 1. The lowest BCUT2D eigenvalue weighted by atomic mass is 9.99. The Bertz CT molecular complexity index is 1540. The number of aromatic carboxylic acids is 1. The van der Waals surface area contributed by atoms with Gasteiger partial charge in [0.15, 0.2) is 0 Å². The molecular weight excluding hydrogens is 496 g/mol. The monoisotopic (exact) mass is 513 g/mol. The third-order valence-electron chi connectivity index (χ3n) is 6.06. The van der Waals surface area contributed by atoms with Gasteiger partial charge >= 0.3 is 22.2 Å². The largest absolute Gasteiger partial charge is 0.478 e. The highest BCUT2D eigenvalue weighted by atomic mass is 32.2. The summed E-state index contributed by atoms with van der Waals surface area (Å²) < 4.78 is 60.4. The Balaban J connectivity index is 1.48. The molecule has 1 unspecified atom stereocenters. The maximum absolute atomic E-state index is 13.5. The highest BCUT2D eigenvalue weighted by Gasteiger charge is 2.59. The van der Waals surface area contributed by atoms with Crippen molar-refractivity contribution < 1.29 is 31.8 Å². The molecule has 36 heavy (non-hydrogen) atoms. The summed E-state index contributed by atoms with van der Waals surface area (Å²) in [5.41, 5.74) is 1.67. The lowest BCUT2D eigenvalue weighted by Crippen LogP contribution is -2.37. The van der Waals surface area contributed by atoms with Gasteiger partial charge in [0.25, 0.3) is 5.92 Å². The van der Waals surface area contributed by atoms with Crippen LogP contribution in [0.15, 0.2) is 48.8 Å². The van der Waals surface area contributed by atoms with Gasteiger partial charge in [0.05, 0.1) is 28.6 Å². The second-order valence-corrected chi connectivity index (χ2v) is 10.2. The Labute approximate surface area is 204 Å². The molecule has 5 rings (SSSR count). The summed E-state index contributed by atoms with van der Waals surface area (Å²) in [6, 6.07) is 11.2. The highest BCUT2D eigenvalue weighted by molar-refractivity contribution is 7.94. The second-order valence-electron chi connectivity index (χ2n) is 8.35. The fourth-order valence-electron chi connectivity index (χ4n) is 3.92. The van der Waals surface area contributed by atoms with Gasteiger partial charge in [-0.1, -0.05) is 6.07 Å². The van der Waals surface area contributed by atoms with Crippen LogP contribution in [0.2, 0.25) is 0 Å². The molecule has 10 nitrogen and oxygen atoms in total. The van der Waals surface area contributed by atoms with Crippen molar-refractivity contribution in [2.45, 2.75) is 12.3 Å². The first-order chi connectivity index (χ1) is 17.0. The van der Waals surface area contributed by atoms with Gasteiger partial charge in [-0.25, -0.2) is 23.5 Å². The molecule has 1 aromatic heterocycles. The number of anilines is 2. The number of nitriles is 1. The Hall–Kier alpha value is -4.31. The first-order valence-electron chi connectivity index (χ1n) is 10.6. The number of rotatable bonds is 6. The summed E-state index contributed by atoms with van der Waals surface area (Å²) in [4.78, 5) is 18.7. The van der Waals surface area contributed by atoms with E-state index >= 15 is 0 Å². The van der Waals surface area contributed by atoms with Crippen LogP contribution in [0.4, 0.5) is 20.2 Å². The smallest absolute Gasteiger partial charge is 0.338 e. The zero-order chi connectivity index (χ0) is 25.8. The summed E-state index contributed by atoms with van der Waals surface area (Å²) in [7, 11) is -2.68. The van der Waals surface area contributed by atoms with Gasteiger partial charge < -0.3 is 9.84 Å². The molecule has 0 radical (unpaired) electrons. The maximum Gasteiger partial charge on any atom is 0.338 e. The zero-order valence-corrected chi connectivity index (χ0v) is 19.4. The van der Waals surface area contributed by atoms with E-state index in [0.29, 0.717) is 16.8 Å². The standard InChI is InChI=1S/C23H17F2N5O5S/c1-29-20-6-13(3-5-19(20)30(36(29,33)34)12-16-8-23(16,24)25)18-7-17(4-2-14(18)9-26)35-22-27-10-15(11-28-22)21(31)32/h2-7,10-11,16H,8,12H2,1H3,(H,31,32). The van der Waals surface area contributed by atoms with Crippen molar-refractivity contribution in [1.82, 2.24) is 9.97 Å². The van der Waals surface area contributed by atoms with Crippen molar-refractivity contribution in [3.63, 3.8) is 0 Å². The first-order valence-corrected chi connectivity index (χ1v) is 12.0. The number of hydrogen-bond acceptors (Lipinski definition) is 7. The van der Waals surface area contributed by atoms with Crippen molar-refractivity contribution >= 4 is 27.6 Å². The predicted molar refractivity (Wildman–Crippen MR) is 123 cm³/mol. The molecule has 3 aromatic rings. The van der Waals surface area contributed by atoms with E-state index in [1.807, 2.05) is 0 Å². The van der Waals surface area contributed by atoms with Gasteiger partial charge in [-0.2, -0.15) is 13.7 Å². The van der Waals surface area contributed by atoms with Crippen molar-refractivity contribution in [2.24, 2.45) is 5.92 Å². The van der Waals surface area contributed by atoms with Crippen molar-refractivity contribution in [2.75, 3.05) is 22.2 Å². The average Bonchev–Trinajstić information content (AvgIpc) is 3.41. The van der Waals surface area contributed by atoms with Gasteiger partial charge in [0.1, 0.15) is 5.75 Å². The second kappa shape index (κ2) is 8.13. The number of benzene rings is 2. The SMILES string of the molecule is CN1c2cc(-c3cc(Oc4ncc(C(=O)O)cn4)ccc3C#N)ccc2N(CC2CC2(F)F)S1(=O)=O. The molecule has 0 amide bonds. The zero-order valence-electron chi connectivity index (χ0n) is 18.6. The molecule has 184 valence electrons. The third kappa shape index (κ3) is 3.95. The van der Waals surface area contributed by atoms with E-state index in [9.17, 15) is 27.3 Å². The molecule has 0 bridgehead atoms. The van der Waals surface area contributed by atoms with Gasteiger partial charge in [-0.15, -0.1) is 0 Å². The van der Waals surface area contributed by atoms with Crippen molar-refractivity contribution in [3.05, 3.63) is 59.9 Å². The lowest BCUT2D eigenvalue weighted by Gasteiger charge is -2.18. The summed E-state index contributed by atoms with van der Waals surface area (Å²) in [6.07, 6.45) is 1.84. The van der Waals surface area contributed by atoms with E-state index in [1.165, 1.54) is 25.2 Å². The minimum Gasteiger partial charge on any atom is -0.478 e. The molecule has 1 atom stereocenters. The molecule has 2 heterocycles. The minimum atomic E-state index is -4.02. The third-order valence-corrected chi connectivity index (χ3v) is 7.85. The quantitative estimate of drug-likeness (QED) is 0.527. The van der Waals surface area contributed by atoms with Crippen LogP contribution in [0.5, 0.6) is 11.8 Å². The van der Waals surface area contributed by atoms with Crippen LogP contribution in [0.1, 0.15) is 22.3 Å². The summed E-state index contributed by atoms with van der Waals surface area (Å²) in [6.45, 7) is -0.320. The molecule has 0 saturated heterocycles. The Kier molecular flexibility index (Phi) is 5.29. The van der Waals surface area contributed by atoms with Gasteiger partial charge in [0, 0.05) is 43.9 Å². The summed E-state index contributed by atoms with van der Waals surface area (Å²) in [5.74, 6) is -4.82. The fourth-order valence-corrected chi connectivity index (χ4v) is 5.38. The number of alkyl halides is 2. The van der Waals surface area contributed by atoms with Crippen LogP contribution >= 0.6 is 0 Å². The fraction of sp³-hybridized carbons (Fsp3) is 0.217. The number of halogens is 2. The van der Waals surface area contributed by atoms with Gasteiger partial charge in [-0.05, 0) is 35.9 Å². The molecule has 1 fully saturated rings. The number of aromatic nitrogens is 2. The average molecular weight is 513 g/mol. The molecule has 0 spiro atoms. The van der Waals surface area contributed by atoms with Gasteiger partial charge in [0.2, 0.25) is 0 Å².